The van der Waals surface area contributed by atoms with Crippen molar-refractivity contribution in [3.05, 3.63) is 45.7 Å². The van der Waals surface area contributed by atoms with E-state index >= 15 is 0 Å². The van der Waals surface area contributed by atoms with Gasteiger partial charge in [-0.2, -0.15) is 0 Å². The Morgan fingerprint density at radius 1 is 1.14 bits per heavy atom. The number of benzene rings is 1. The van der Waals surface area contributed by atoms with E-state index in [1.165, 1.54) is 6.07 Å². The molecule has 0 spiro atoms. The summed E-state index contributed by atoms with van der Waals surface area (Å²) in [5, 5.41) is 10.3. The van der Waals surface area contributed by atoms with Crippen LogP contribution in [0.3, 0.4) is 0 Å². The molecule has 0 radical (unpaired) electrons. The Hall–Kier alpha value is -1.77. The summed E-state index contributed by atoms with van der Waals surface area (Å²) < 4.78 is 0.682. The summed E-state index contributed by atoms with van der Waals surface area (Å²) in [7, 11) is 0. The summed E-state index contributed by atoms with van der Waals surface area (Å²) in [6.07, 6.45) is 0. The number of nitrogens with zero attached hydrogens (tertiary/aromatic N) is 1. The van der Waals surface area contributed by atoms with Crippen LogP contribution < -0.4 is 5.56 Å². The molecule has 0 atom stereocenters. The molecular formula is C11H11NO2. The van der Waals surface area contributed by atoms with Gasteiger partial charge < -0.3 is 5.21 Å². The van der Waals surface area contributed by atoms with E-state index in [-0.39, 0.29) is 0 Å². The molecule has 0 aliphatic rings. The van der Waals surface area contributed by atoms with E-state index in [1.54, 1.807) is 6.07 Å². The Kier molecular flexibility index (Phi) is 1.81. The molecule has 1 heterocycles. The van der Waals surface area contributed by atoms with Crippen molar-refractivity contribution in [2.24, 2.45) is 0 Å². The molecule has 0 saturated carbocycles. The van der Waals surface area contributed by atoms with E-state index in [4.69, 9.17) is 0 Å². The second-order valence-electron chi connectivity index (χ2n) is 3.48. The van der Waals surface area contributed by atoms with E-state index in [0.29, 0.717) is 10.2 Å². The predicted octanol–water partition coefficient (Wildman–Crippen LogP) is 1.86. The normalized spacial score (nSPS) is 10.7. The van der Waals surface area contributed by atoms with E-state index < -0.39 is 5.56 Å². The second kappa shape index (κ2) is 2.87. The Labute approximate surface area is 81.2 Å². The van der Waals surface area contributed by atoms with Crippen LogP contribution >= 0.6 is 0 Å². The van der Waals surface area contributed by atoms with Crippen molar-refractivity contribution in [3.63, 3.8) is 0 Å². The minimum Gasteiger partial charge on any atom is -0.425 e. The maximum absolute atomic E-state index is 11.1. The number of fused-ring (bicyclic) bond motifs is 1. The molecule has 0 aliphatic carbocycles. The molecule has 0 unspecified atom stereocenters. The van der Waals surface area contributed by atoms with Gasteiger partial charge in [-0.3, -0.25) is 4.79 Å². The monoisotopic (exact) mass is 189 g/mol. The van der Waals surface area contributed by atoms with Crippen LogP contribution in [0.2, 0.25) is 0 Å². The average molecular weight is 189 g/mol. The van der Waals surface area contributed by atoms with Crippen molar-refractivity contribution in [3.8, 4) is 0 Å². The summed E-state index contributed by atoms with van der Waals surface area (Å²) in [6.45, 7) is 3.95. The lowest BCUT2D eigenvalue weighted by molar-refractivity contribution is 0.188. The standard InChI is InChI=1S/C11H11NO2/c1-7-5-9-3-4-11(13)12(14)10(9)6-8(7)2/h3-6,14H,1-2H3. The van der Waals surface area contributed by atoms with Gasteiger partial charge in [-0.25, -0.2) is 0 Å². The smallest absolute Gasteiger partial charge is 0.283 e. The van der Waals surface area contributed by atoms with Crippen molar-refractivity contribution in [2.75, 3.05) is 0 Å². The SMILES string of the molecule is Cc1cc2ccc(=O)n(O)c2cc1C. The zero-order valence-electron chi connectivity index (χ0n) is 8.11. The summed E-state index contributed by atoms with van der Waals surface area (Å²) in [5.41, 5.74) is 2.36. The maximum atomic E-state index is 11.1. The number of pyridine rings is 1. The van der Waals surface area contributed by atoms with Crippen LogP contribution in [0.1, 0.15) is 11.1 Å². The molecule has 1 aromatic heterocycles. The Balaban J connectivity index is 2.97. The lowest BCUT2D eigenvalue weighted by Gasteiger charge is -2.05. The quantitative estimate of drug-likeness (QED) is 0.643. The topological polar surface area (TPSA) is 42.2 Å². The van der Waals surface area contributed by atoms with Crippen LogP contribution in [0.4, 0.5) is 0 Å². The third kappa shape index (κ3) is 1.18. The first-order valence-corrected chi connectivity index (χ1v) is 4.42. The minimum atomic E-state index is -0.402. The van der Waals surface area contributed by atoms with Crippen molar-refractivity contribution in [1.29, 1.82) is 0 Å². The highest BCUT2D eigenvalue weighted by Gasteiger charge is 2.02. The number of rotatable bonds is 0. The van der Waals surface area contributed by atoms with E-state index in [1.807, 2.05) is 26.0 Å². The fourth-order valence-corrected chi connectivity index (χ4v) is 1.49. The number of hydrogen-bond acceptors (Lipinski definition) is 2. The van der Waals surface area contributed by atoms with E-state index in [9.17, 15) is 10.0 Å². The van der Waals surface area contributed by atoms with Gasteiger partial charge in [-0.1, -0.05) is 0 Å². The Bertz CT molecular complexity index is 555. The highest BCUT2D eigenvalue weighted by atomic mass is 16.5. The highest BCUT2D eigenvalue weighted by molar-refractivity contribution is 5.80. The van der Waals surface area contributed by atoms with Gasteiger partial charge in [0.25, 0.3) is 5.56 Å². The molecule has 2 aromatic rings. The highest BCUT2D eigenvalue weighted by Crippen LogP contribution is 2.16. The van der Waals surface area contributed by atoms with Gasteiger partial charge in [0.1, 0.15) is 0 Å². The Morgan fingerprint density at radius 2 is 1.79 bits per heavy atom. The summed E-state index contributed by atoms with van der Waals surface area (Å²) in [4.78, 5) is 11.1. The molecule has 0 amide bonds. The van der Waals surface area contributed by atoms with Crippen LogP contribution in [-0.2, 0) is 0 Å². The van der Waals surface area contributed by atoms with Gasteiger partial charge in [0.05, 0.1) is 5.52 Å². The van der Waals surface area contributed by atoms with Gasteiger partial charge in [-0.05, 0) is 43.2 Å². The molecule has 0 bridgehead atoms. The molecule has 1 aromatic carbocycles. The molecule has 72 valence electrons. The van der Waals surface area contributed by atoms with Crippen LogP contribution in [0.5, 0.6) is 0 Å². The maximum Gasteiger partial charge on any atom is 0.283 e. The van der Waals surface area contributed by atoms with Crippen molar-refractivity contribution in [2.45, 2.75) is 13.8 Å². The lowest BCUT2D eigenvalue weighted by atomic mass is 10.1. The van der Waals surface area contributed by atoms with Gasteiger partial charge in [-0.15, -0.1) is 4.73 Å². The van der Waals surface area contributed by atoms with Crippen LogP contribution in [0, 0.1) is 13.8 Å². The van der Waals surface area contributed by atoms with Gasteiger partial charge >= 0.3 is 0 Å². The van der Waals surface area contributed by atoms with Crippen LogP contribution in [0.25, 0.3) is 10.9 Å². The van der Waals surface area contributed by atoms with E-state index in [2.05, 4.69) is 0 Å². The zero-order valence-corrected chi connectivity index (χ0v) is 8.11. The largest absolute Gasteiger partial charge is 0.425 e. The molecular weight excluding hydrogens is 178 g/mol. The van der Waals surface area contributed by atoms with Crippen LogP contribution in [-0.4, -0.2) is 9.94 Å². The zero-order chi connectivity index (χ0) is 10.3. The summed E-state index contributed by atoms with van der Waals surface area (Å²) >= 11 is 0. The summed E-state index contributed by atoms with van der Waals surface area (Å²) in [5.74, 6) is 0. The van der Waals surface area contributed by atoms with E-state index in [0.717, 1.165) is 16.5 Å². The summed E-state index contributed by atoms with van der Waals surface area (Å²) in [6, 6.07) is 6.84. The van der Waals surface area contributed by atoms with Crippen molar-refractivity contribution in [1.82, 2.24) is 4.73 Å². The molecule has 0 aliphatic heterocycles. The average Bonchev–Trinajstić information content (AvgIpc) is 2.15. The molecule has 1 N–H and O–H groups in total. The molecule has 3 nitrogen and oxygen atoms in total. The van der Waals surface area contributed by atoms with Crippen LogP contribution in [0.15, 0.2) is 29.1 Å². The first kappa shape index (κ1) is 8.81. The number of hydrogen-bond donors (Lipinski definition) is 1. The number of aryl methyl sites for hydroxylation is 2. The number of aromatic nitrogens is 1. The van der Waals surface area contributed by atoms with Crippen molar-refractivity contribution >= 4 is 10.9 Å². The molecule has 3 heteroatoms. The third-order valence-corrected chi connectivity index (χ3v) is 2.49. The fourth-order valence-electron chi connectivity index (χ4n) is 1.49. The molecule has 2 rings (SSSR count). The first-order valence-electron chi connectivity index (χ1n) is 4.42. The second-order valence-corrected chi connectivity index (χ2v) is 3.48. The molecule has 0 fully saturated rings. The third-order valence-electron chi connectivity index (χ3n) is 2.49. The predicted molar refractivity (Wildman–Crippen MR) is 54.9 cm³/mol. The van der Waals surface area contributed by atoms with Gasteiger partial charge in [0.15, 0.2) is 0 Å². The van der Waals surface area contributed by atoms with Gasteiger partial charge in [0.2, 0.25) is 0 Å². The molecule has 14 heavy (non-hydrogen) atoms. The first-order chi connectivity index (χ1) is 6.59. The Morgan fingerprint density at radius 3 is 2.50 bits per heavy atom. The minimum absolute atomic E-state index is 0.402. The van der Waals surface area contributed by atoms with Gasteiger partial charge in [0, 0.05) is 11.5 Å². The fraction of sp³-hybridized carbons (Fsp3) is 0.182. The molecule has 0 saturated heterocycles. The van der Waals surface area contributed by atoms with Crippen molar-refractivity contribution < 1.29 is 5.21 Å². The lowest BCUT2D eigenvalue weighted by Crippen LogP contribution is -2.16.